The van der Waals surface area contributed by atoms with Gasteiger partial charge in [0.1, 0.15) is 11.9 Å². The van der Waals surface area contributed by atoms with Gasteiger partial charge in [-0.2, -0.15) is 0 Å². The minimum Gasteiger partial charge on any atom is -0.756 e. The SMILES string of the molecule is C/C=C/C=C(C)/C=C/C=C(C)/C=C/C1=C(C)C(=O)C(OP(=O)([O-])OC[C@H](O)[C@H]2CC(O)=C(O)C2=O)CC1(C)C. The van der Waals surface area contributed by atoms with E-state index in [0.29, 0.717) is 5.57 Å². The fourth-order valence-corrected chi connectivity index (χ4v) is 5.28. The standard InChI is InChI=1S/C29H39O9P/c1-7-8-10-18(2)11-9-12-19(3)13-14-22-20(4)26(32)25(16-29(22,5)6)38-39(35,36)37-17-24(31)21-15-23(30)28(34)27(21)33/h7-14,21,24-25,30-31,34H,15-17H2,1-6H3,(H,35,36)/p-1/b8-7+,11-9+,14-13+,18-10+,19-12+/t21-,24+,25?/m1/s1. The van der Waals surface area contributed by atoms with Gasteiger partial charge in [-0.1, -0.05) is 73.6 Å². The molecule has 2 unspecified atom stereocenters. The van der Waals surface area contributed by atoms with Gasteiger partial charge >= 0.3 is 0 Å². The monoisotopic (exact) mass is 561 g/mol. The smallest absolute Gasteiger partial charge is 0.268 e. The third-order valence-electron chi connectivity index (χ3n) is 6.65. The zero-order chi connectivity index (χ0) is 29.5. The number of aliphatic hydroxyl groups is 3. The van der Waals surface area contributed by atoms with Crippen molar-refractivity contribution < 1.29 is 43.4 Å². The van der Waals surface area contributed by atoms with Gasteiger partial charge in [0, 0.05) is 6.42 Å². The summed E-state index contributed by atoms with van der Waals surface area (Å²) in [6.07, 6.45) is 12.3. The zero-order valence-corrected chi connectivity index (χ0v) is 24.1. The number of phosphoric ester groups is 1. The van der Waals surface area contributed by atoms with E-state index in [1.54, 1.807) is 6.92 Å². The highest BCUT2D eigenvalue weighted by Crippen LogP contribution is 2.47. The molecule has 0 amide bonds. The molecule has 214 valence electrons. The zero-order valence-electron chi connectivity index (χ0n) is 23.2. The Kier molecular flexibility index (Phi) is 11.2. The normalized spacial score (nSPS) is 25.5. The highest BCUT2D eigenvalue weighted by atomic mass is 31.2. The van der Waals surface area contributed by atoms with Crippen LogP contribution in [-0.2, 0) is 23.2 Å². The van der Waals surface area contributed by atoms with Crippen LogP contribution in [0.15, 0.2) is 82.4 Å². The molecule has 39 heavy (non-hydrogen) atoms. The van der Waals surface area contributed by atoms with E-state index in [-0.39, 0.29) is 12.8 Å². The lowest BCUT2D eigenvalue weighted by Crippen LogP contribution is -2.38. The molecule has 0 spiro atoms. The van der Waals surface area contributed by atoms with E-state index in [2.05, 4.69) is 0 Å². The lowest BCUT2D eigenvalue weighted by molar-refractivity contribution is -0.232. The lowest BCUT2D eigenvalue weighted by atomic mass is 9.71. The molecule has 0 bridgehead atoms. The molecule has 2 aliphatic rings. The van der Waals surface area contributed by atoms with Crippen LogP contribution in [0.1, 0.15) is 54.4 Å². The topological polar surface area (TPSA) is 153 Å². The van der Waals surface area contributed by atoms with Gasteiger partial charge in [0.2, 0.25) is 5.78 Å². The highest BCUT2D eigenvalue weighted by molar-refractivity contribution is 7.45. The second-order valence-corrected chi connectivity index (χ2v) is 11.8. The Morgan fingerprint density at radius 1 is 1.13 bits per heavy atom. The summed E-state index contributed by atoms with van der Waals surface area (Å²) in [5.74, 6) is -4.09. The van der Waals surface area contributed by atoms with Gasteiger partial charge in [-0.25, -0.2) is 0 Å². The average Bonchev–Trinajstić information content (AvgIpc) is 3.11. The summed E-state index contributed by atoms with van der Waals surface area (Å²) in [5, 5.41) is 29.1. The number of Topliss-reactive ketones (excluding diaryl/α,β-unsaturated/α-hetero) is 2. The summed E-state index contributed by atoms with van der Waals surface area (Å²) in [7, 11) is -5.05. The van der Waals surface area contributed by atoms with Gasteiger partial charge in [0.25, 0.3) is 7.82 Å². The van der Waals surface area contributed by atoms with E-state index in [1.165, 1.54) is 0 Å². The Labute approximate surface area is 229 Å². The van der Waals surface area contributed by atoms with Crippen LogP contribution in [0.5, 0.6) is 0 Å². The van der Waals surface area contributed by atoms with Gasteiger partial charge < -0.3 is 29.3 Å². The van der Waals surface area contributed by atoms with Crippen molar-refractivity contribution in [3.05, 3.63) is 82.4 Å². The first-order chi connectivity index (χ1) is 18.1. The largest absolute Gasteiger partial charge is 0.756 e. The Morgan fingerprint density at radius 2 is 1.74 bits per heavy atom. The van der Waals surface area contributed by atoms with Crippen molar-refractivity contribution in [3.63, 3.8) is 0 Å². The van der Waals surface area contributed by atoms with Crippen molar-refractivity contribution in [1.82, 2.24) is 0 Å². The molecular formula is C29H38O9P-. The Morgan fingerprint density at radius 3 is 2.33 bits per heavy atom. The molecule has 0 saturated heterocycles. The van der Waals surface area contributed by atoms with Crippen LogP contribution in [0, 0.1) is 11.3 Å². The maximum Gasteiger partial charge on any atom is 0.268 e. The summed E-state index contributed by atoms with van der Waals surface area (Å²) in [5.41, 5.74) is 2.59. The molecule has 4 atom stereocenters. The molecule has 9 nitrogen and oxygen atoms in total. The van der Waals surface area contributed by atoms with Gasteiger partial charge in [-0.15, -0.1) is 0 Å². The molecule has 10 heteroatoms. The van der Waals surface area contributed by atoms with E-state index in [4.69, 9.17) is 9.05 Å². The molecule has 2 rings (SSSR count). The summed E-state index contributed by atoms with van der Waals surface area (Å²) < 4.78 is 22.3. The predicted octanol–water partition coefficient (Wildman–Crippen LogP) is 5.03. The van der Waals surface area contributed by atoms with Crippen LogP contribution in [0.2, 0.25) is 0 Å². The van der Waals surface area contributed by atoms with Crippen LogP contribution >= 0.6 is 7.82 Å². The molecule has 2 aliphatic carbocycles. The average molecular weight is 562 g/mol. The van der Waals surface area contributed by atoms with Crippen molar-refractivity contribution in [1.29, 1.82) is 0 Å². The predicted molar refractivity (Wildman–Crippen MR) is 147 cm³/mol. The lowest BCUT2D eigenvalue weighted by Gasteiger charge is -2.38. The molecule has 0 aliphatic heterocycles. The fraction of sp³-hybridized carbons (Fsp3) is 0.448. The minimum atomic E-state index is -5.05. The maximum absolute atomic E-state index is 13.0. The second kappa shape index (κ2) is 13.5. The van der Waals surface area contributed by atoms with Crippen LogP contribution in [0.25, 0.3) is 0 Å². The van der Waals surface area contributed by atoms with Crippen molar-refractivity contribution in [2.24, 2.45) is 11.3 Å². The minimum absolute atomic E-state index is 0.0748. The third kappa shape index (κ3) is 8.85. The number of aliphatic hydroxyl groups excluding tert-OH is 3. The summed E-state index contributed by atoms with van der Waals surface area (Å²) in [6, 6.07) is 0. The number of carbonyl (C=O) groups is 2. The van der Waals surface area contributed by atoms with Crippen molar-refractivity contribution in [3.8, 4) is 0 Å². The Balaban J connectivity index is 2.08. The highest BCUT2D eigenvalue weighted by Gasteiger charge is 2.41. The van der Waals surface area contributed by atoms with Crippen molar-refractivity contribution in [2.45, 2.75) is 66.6 Å². The Hall–Kier alpha value is -2.81. The molecule has 0 saturated carbocycles. The molecule has 0 heterocycles. The first-order valence-corrected chi connectivity index (χ1v) is 14.1. The first-order valence-electron chi connectivity index (χ1n) is 12.6. The third-order valence-corrected chi connectivity index (χ3v) is 7.63. The van der Waals surface area contributed by atoms with Gasteiger partial charge in [0.15, 0.2) is 11.5 Å². The van der Waals surface area contributed by atoms with E-state index in [0.717, 1.165) is 16.7 Å². The van der Waals surface area contributed by atoms with Gasteiger partial charge in [-0.3, -0.25) is 14.2 Å². The number of phosphoric acid groups is 1. The van der Waals surface area contributed by atoms with Crippen molar-refractivity contribution >= 4 is 19.4 Å². The number of rotatable bonds is 11. The molecule has 0 aromatic carbocycles. The van der Waals surface area contributed by atoms with E-state index in [9.17, 15) is 34.4 Å². The summed E-state index contributed by atoms with van der Waals surface area (Å²) in [6.45, 7) is 10.4. The van der Waals surface area contributed by atoms with Crippen LogP contribution in [-0.4, -0.2) is 45.7 Å². The maximum atomic E-state index is 13.0. The number of hydrogen-bond donors (Lipinski definition) is 3. The Bertz CT molecular complexity index is 1230. The van der Waals surface area contributed by atoms with Gasteiger partial charge in [0.05, 0.1) is 18.6 Å². The molecule has 0 radical (unpaired) electrons. The molecular weight excluding hydrogens is 523 g/mol. The molecule has 0 aromatic heterocycles. The van der Waals surface area contributed by atoms with E-state index >= 15 is 0 Å². The van der Waals surface area contributed by atoms with E-state index < -0.39 is 61.1 Å². The molecule has 0 aromatic rings. The molecule has 3 N–H and O–H groups in total. The number of allylic oxidation sites excluding steroid dienone is 13. The summed E-state index contributed by atoms with van der Waals surface area (Å²) >= 11 is 0. The van der Waals surface area contributed by atoms with Crippen LogP contribution < -0.4 is 4.89 Å². The van der Waals surface area contributed by atoms with E-state index in [1.807, 2.05) is 83.2 Å². The van der Waals surface area contributed by atoms with Crippen LogP contribution in [0.3, 0.4) is 0 Å². The number of carbonyl (C=O) groups excluding carboxylic acids is 2. The van der Waals surface area contributed by atoms with Crippen molar-refractivity contribution in [2.75, 3.05) is 6.61 Å². The summed E-state index contributed by atoms with van der Waals surface area (Å²) in [4.78, 5) is 37.3. The van der Waals surface area contributed by atoms with Gasteiger partial charge in [-0.05, 0) is 50.7 Å². The second-order valence-electron chi connectivity index (χ2n) is 10.4. The number of hydrogen-bond acceptors (Lipinski definition) is 9. The molecule has 0 fully saturated rings. The first kappa shape index (κ1) is 32.4. The number of ketones is 2. The quantitative estimate of drug-likeness (QED) is 0.233. The fourth-order valence-electron chi connectivity index (χ4n) is 4.41. The van der Waals surface area contributed by atoms with Crippen LogP contribution in [0.4, 0.5) is 0 Å².